The molecule has 2 aromatic carbocycles. The molecule has 6 heteroatoms. The Morgan fingerprint density at radius 3 is 2.96 bits per heavy atom. The molecular weight excluding hydrogens is 338 g/mol. The fourth-order valence-corrected chi connectivity index (χ4v) is 3.61. The predicted molar refractivity (Wildman–Crippen MR) is 97.3 cm³/mol. The van der Waals surface area contributed by atoms with E-state index in [9.17, 15) is 4.79 Å². The first kappa shape index (κ1) is 16.0. The minimum Gasteiger partial charge on any atom is -0.496 e. The van der Waals surface area contributed by atoms with Crippen molar-refractivity contribution < 1.29 is 9.53 Å². The Balaban J connectivity index is 1.58. The molecule has 1 aliphatic heterocycles. The molecule has 0 N–H and O–H groups in total. The van der Waals surface area contributed by atoms with Gasteiger partial charge in [-0.25, -0.2) is 4.98 Å². The summed E-state index contributed by atoms with van der Waals surface area (Å²) in [5.74, 6) is 0.497. The van der Waals surface area contributed by atoms with Crippen LogP contribution in [-0.2, 0) is 0 Å². The summed E-state index contributed by atoms with van der Waals surface area (Å²) >= 11 is 6.06. The van der Waals surface area contributed by atoms with E-state index in [1.54, 1.807) is 25.3 Å². The number of methoxy groups -OCH3 is 1. The van der Waals surface area contributed by atoms with E-state index < -0.39 is 0 Å². The van der Waals surface area contributed by atoms with Gasteiger partial charge in [-0.3, -0.25) is 4.79 Å². The lowest BCUT2D eigenvalue weighted by Crippen LogP contribution is -2.29. The highest BCUT2D eigenvalue weighted by Crippen LogP contribution is 2.29. The van der Waals surface area contributed by atoms with Crippen molar-refractivity contribution in [2.75, 3.05) is 20.2 Å². The number of hydrogen-bond donors (Lipinski definition) is 0. The molecule has 0 saturated carbocycles. The summed E-state index contributed by atoms with van der Waals surface area (Å²) in [4.78, 5) is 19.2. The zero-order valence-corrected chi connectivity index (χ0v) is 14.6. The maximum Gasteiger partial charge on any atom is 0.257 e. The van der Waals surface area contributed by atoms with E-state index in [2.05, 4.69) is 15.6 Å². The predicted octanol–water partition coefficient (Wildman–Crippen LogP) is 3.79. The van der Waals surface area contributed by atoms with E-state index >= 15 is 0 Å². The van der Waals surface area contributed by atoms with Gasteiger partial charge in [-0.05, 0) is 36.8 Å². The van der Waals surface area contributed by atoms with Crippen LogP contribution in [0.3, 0.4) is 0 Å². The number of carbonyl (C=O) groups is 1. The van der Waals surface area contributed by atoms with E-state index in [1.165, 1.54) is 0 Å². The van der Waals surface area contributed by atoms with Gasteiger partial charge in [0.05, 0.1) is 36.1 Å². The number of amides is 1. The lowest BCUT2D eigenvalue weighted by molar-refractivity contribution is 0.0784. The normalized spacial score (nSPS) is 17.2. The minimum atomic E-state index is -0.0497. The fourth-order valence-electron chi connectivity index (χ4n) is 3.44. The van der Waals surface area contributed by atoms with Gasteiger partial charge in [-0.2, -0.15) is 0 Å². The van der Waals surface area contributed by atoms with E-state index in [4.69, 9.17) is 16.3 Å². The average Bonchev–Trinajstić information content (AvgIpc) is 3.27. The molecule has 1 atom stereocenters. The highest BCUT2D eigenvalue weighted by Gasteiger charge is 2.30. The summed E-state index contributed by atoms with van der Waals surface area (Å²) in [7, 11) is 1.56. The number of para-hydroxylation sites is 2. The Kier molecular flexibility index (Phi) is 4.09. The van der Waals surface area contributed by atoms with Crippen LogP contribution in [0.25, 0.3) is 11.0 Å². The number of imidazole rings is 1. The van der Waals surface area contributed by atoms with Gasteiger partial charge in [0, 0.05) is 18.1 Å². The molecule has 0 radical (unpaired) electrons. The first-order valence-electron chi connectivity index (χ1n) is 8.22. The minimum absolute atomic E-state index is 0.0497. The van der Waals surface area contributed by atoms with Gasteiger partial charge in [0.15, 0.2) is 0 Å². The highest BCUT2D eigenvalue weighted by atomic mass is 35.5. The van der Waals surface area contributed by atoms with Crippen molar-refractivity contribution in [2.45, 2.75) is 12.5 Å². The molecule has 25 heavy (non-hydrogen) atoms. The van der Waals surface area contributed by atoms with Crippen molar-refractivity contribution in [3.8, 4) is 5.75 Å². The largest absolute Gasteiger partial charge is 0.496 e. The lowest BCUT2D eigenvalue weighted by atomic mass is 10.1. The number of rotatable bonds is 3. The monoisotopic (exact) mass is 355 g/mol. The molecule has 0 spiro atoms. The summed E-state index contributed by atoms with van der Waals surface area (Å²) in [5, 5.41) is 0.528. The van der Waals surface area contributed by atoms with Crippen LogP contribution in [0.4, 0.5) is 0 Å². The van der Waals surface area contributed by atoms with Crippen molar-refractivity contribution in [2.24, 2.45) is 0 Å². The zero-order valence-electron chi connectivity index (χ0n) is 13.9. The van der Waals surface area contributed by atoms with E-state index in [0.29, 0.717) is 29.4 Å². The quantitative estimate of drug-likeness (QED) is 0.718. The summed E-state index contributed by atoms with van der Waals surface area (Å²) in [5.41, 5.74) is 2.58. The SMILES string of the molecule is COc1ccc(Cl)cc1C(=O)N1CC[C@@H](n2cnc3ccccc32)C1. The van der Waals surface area contributed by atoms with Crippen LogP contribution in [-0.4, -0.2) is 40.6 Å². The number of halogens is 1. The topological polar surface area (TPSA) is 47.4 Å². The Morgan fingerprint density at radius 2 is 2.12 bits per heavy atom. The van der Waals surface area contributed by atoms with Gasteiger partial charge in [0.2, 0.25) is 0 Å². The van der Waals surface area contributed by atoms with E-state index in [1.807, 2.05) is 29.4 Å². The van der Waals surface area contributed by atoms with Crippen LogP contribution in [0.5, 0.6) is 5.75 Å². The van der Waals surface area contributed by atoms with E-state index in [0.717, 1.165) is 17.5 Å². The second kappa shape index (κ2) is 6.41. The zero-order chi connectivity index (χ0) is 17.4. The molecule has 1 aliphatic rings. The van der Waals surface area contributed by atoms with Crippen molar-refractivity contribution >= 4 is 28.5 Å². The summed E-state index contributed by atoms with van der Waals surface area (Å²) < 4.78 is 7.48. The Hall–Kier alpha value is -2.53. The molecule has 0 aliphatic carbocycles. The molecule has 0 unspecified atom stereocenters. The van der Waals surface area contributed by atoms with Gasteiger partial charge in [0.25, 0.3) is 5.91 Å². The lowest BCUT2D eigenvalue weighted by Gasteiger charge is -2.19. The number of benzene rings is 2. The molecule has 1 amide bonds. The first-order valence-corrected chi connectivity index (χ1v) is 8.59. The van der Waals surface area contributed by atoms with Crippen LogP contribution < -0.4 is 4.74 Å². The third-order valence-electron chi connectivity index (χ3n) is 4.72. The summed E-state index contributed by atoms with van der Waals surface area (Å²) in [6.45, 7) is 1.35. The van der Waals surface area contributed by atoms with E-state index in [-0.39, 0.29) is 11.9 Å². The molecular formula is C19H18ClN3O2. The van der Waals surface area contributed by atoms with Gasteiger partial charge in [-0.15, -0.1) is 0 Å². The number of fused-ring (bicyclic) bond motifs is 1. The molecule has 1 saturated heterocycles. The van der Waals surface area contributed by atoms with Gasteiger partial charge >= 0.3 is 0 Å². The van der Waals surface area contributed by atoms with Crippen LogP contribution in [0.2, 0.25) is 5.02 Å². The van der Waals surface area contributed by atoms with Crippen LogP contribution in [0.1, 0.15) is 22.8 Å². The average molecular weight is 356 g/mol. The molecule has 128 valence electrons. The second-order valence-corrected chi connectivity index (χ2v) is 6.62. The highest BCUT2D eigenvalue weighted by molar-refractivity contribution is 6.31. The van der Waals surface area contributed by atoms with Crippen molar-refractivity contribution in [3.63, 3.8) is 0 Å². The van der Waals surface area contributed by atoms with Crippen LogP contribution >= 0.6 is 11.6 Å². The Morgan fingerprint density at radius 1 is 1.28 bits per heavy atom. The molecule has 2 heterocycles. The molecule has 5 nitrogen and oxygen atoms in total. The first-order chi connectivity index (χ1) is 12.2. The number of aromatic nitrogens is 2. The van der Waals surface area contributed by atoms with Gasteiger partial charge in [0.1, 0.15) is 5.75 Å². The third kappa shape index (κ3) is 2.85. The third-order valence-corrected chi connectivity index (χ3v) is 4.95. The molecule has 3 aromatic rings. The molecule has 4 rings (SSSR count). The fraction of sp³-hybridized carbons (Fsp3) is 0.263. The maximum absolute atomic E-state index is 12.9. The number of likely N-dealkylation sites (tertiary alicyclic amines) is 1. The van der Waals surface area contributed by atoms with Crippen molar-refractivity contribution in [1.82, 2.24) is 14.5 Å². The molecule has 0 bridgehead atoms. The standard InChI is InChI=1S/C19H18ClN3O2/c1-25-18-7-6-13(20)10-15(18)19(24)22-9-8-14(11-22)23-12-21-16-4-2-3-5-17(16)23/h2-7,10,12,14H,8-9,11H2,1H3/t14-/m1/s1. The van der Waals surface area contributed by atoms with Gasteiger partial charge in [-0.1, -0.05) is 23.7 Å². The van der Waals surface area contributed by atoms with Crippen molar-refractivity contribution in [3.05, 3.63) is 59.4 Å². The van der Waals surface area contributed by atoms with Crippen molar-refractivity contribution in [1.29, 1.82) is 0 Å². The van der Waals surface area contributed by atoms with Gasteiger partial charge < -0.3 is 14.2 Å². The molecule has 1 fully saturated rings. The maximum atomic E-state index is 12.9. The van der Waals surface area contributed by atoms with Crippen LogP contribution in [0.15, 0.2) is 48.8 Å². The number of nitrogens with zero attached hydrogens (tertiary/aromatic N) is 3. The second-order valence-electron chi connectivity index (χ2n) is 6.18. The smallest absolute Gasteiger partial charge is 0.257 e. The number of ether oxygens (including phenoxy) is 1. The Bertz CT molecular complexity index is 937. The summed E-state index contributed by atoms with van der Waals surface area (Å²) in [6, 6.07) is 13.4. The number of hydrogen-bond acceptors (Lipinski definition) is 3. The van der Waals surface area contributed by atoms with Crippen LogP contribution in [0, 0.1) is 0 Å². The number of carbonyl (C=O) groups excluding carboxylic acids is 1. The molecule has 1 aromatic heterocycles. The Labute approximate surface area is 150 Å². The summed E-state index contributed by atoms with van der Waals surface area (Å²) in [6.07, 6.45) is 2.76.